The van der Waals surface area contributed by atoms with Crippen LogP contribution >= 0.6 is 11.6 Å². The first-order valence-corrected chi connectivity index (χ1v) is 10.6. The van der Waals surface area contributed by atoms with E-state index >= 15 is 0 Å². The molecule has 0 unspecified atom stereocenters. The first-order chi connectivity index (χ1) is 15.6. The lowest BCUT2D eigenvalue weighted by molar-refractivity contribution is -0.137. The standard InChI is InChI=1S/C23H20ClF3N2O4/c1-14-9-22(31)33-19-12-20(18(24)11-17(14)19)32-13-21(30)29-7-5-28(6-8-29)16-4-2-3-15(10-16)23(25,26)27/h2-4,9-12H,5-8,13H2,1H3. The lowest BCUT2D eigenvalue weighted by Gasteiger charge is -2.36. The van der Waals surface area contributed by atoms with E-state index in [-0.39, 0.29) is 23.3 Å². The third kappa shape index (κ3) is 5.08. The number of hydrogen-bond acceptors (Lipinski definition) is 5. The van der Waals surface area contributed by atoms with Gasteiger partial charge in [0.05, 0.1) is 10.6 Å². The van der Waals surface area contributed by atoms with Gasteiger partial charge in [-0.3, -0.25) is 4.79 Å². The minimum absolute atomic E-state index is 0.217. The summed E-state index contributed by atoms with van der Waals surface area (Å²) in [7, 11) is 0. The molecule has 0 saturated carbocycles. The number of carbonyl (C=O) groups is 1. The fourth-order valence-electron chi connectivity index (χ4n) is 3.75. The first kappa shape index (κ1) is 23.0. The van der Waals surface area contributed by atoms with Crippen molar-refractivity contribution in [2.45, 2.75) is 13.1 Å². The zero-order valence-corrected chi connectivity index (χ0v) is 18.4. The molecular formula is C23H20ClF3N2O4. The number of aryl methyl sites for hydroxylation is 1. The van der Waals surface area contributed by atoms with Crippen molar-refractivity contribution < 1.29 is 27.1 Å². The number of rotatable bonds is 4. The number of ether oxygens (including phenoxy) is 1. The number of piperazine rings is 1. The maximum absolute atomic E-state index is 13.0. The van der Waals surface area contributed by atoms with Gasteiger partial charge < -0.3 is 19.0 Å². The van der Waals surface area contributed by atoms with Crippen molar-refractivity contribution in [2.24, 2.45) is 0 Å². The minimum Gasteiger partial charge on any atom is -0.482 e. The Bertz CT molecular complexity index is 1250. The molecule has 33 heavy (non-hydrogen) atoms. The van der Waals surface area contributed by atoms with Crippen molar-refractivity contribution >= 4 is 34.2 Å². The summed E-state index contributed by atoms with van der Waals surface area (Å²) >= 11 is 6.26. The topological polar surface area (TPSA) is 63.0 Å². The summed E-state index contributed by atoms with van der Waals surface area (Å²) in [6.07, 6.45) is -4.41. The first-order valence-electron chi connectivity index (χ1n) is 10.2. The molecule has 1 aromatic heterocycles. The fraction of sp³-hybridized carbons (Fsp3) is 0.304. The molecule has 10 heteroatoms. The molecule has 1 aliphatic heterocycles. The van der Waals surface area contributed by atoms with Gasteiger partial charge in [0.1, 0.15) is 11.3 Å². The largest absolute Gasteiger partial charge is 0.482 e. The number of anilines is 1. The molecular weight excluding hydrogens is 461 g/mol. The number of benzene rings is 2. The van der Waals surface area contributed by atoms with Gasteiger partial charge in [0.15, 0.2) is 6.61 Å². The zero-order valence-electron chi connectivity index (χ0n) is 17.6. The monoisotopic (exact) mass is 480 g/mol. The summed E-state index contributed by atoms with van der Waals surface area (Å²) in [5.41, 5.74) is 0.284. The quantitative estimate of drug-likeness (QED) is 0.514. The lowest BCUT2D eigenvalue weighted by atomic mass is 10.1. The fourth-order valence-corrected chi connectivity index (χ4v) is 3.97. The molecule has 2 aromatic carbocycles. The summed E-state index contributed by atoms with van der Waals surface area (Å²) in [4.78, 5) is 27.6. The number of alkyl halides is 3. The Morgan fingerprint density at radius 1 is 1.12 bits per heavy atom. The molecule has 0 aliphatic carbocycles. The Hall–Kier alpha value is -3.20. The van der Waals surface area contributed by atoms with Gasteiger partial charge in [0.25, 0.3) is 5.91 Å². The molecule has 1 amide bonds. The number of amides is 1. The van der Waals surface area contributed by atoms with E-state index in [1.807, 2.05) is 4.90 Å². The summed E-state index contributed by atoms with van der Waals surface area (Å²) in [5.74, 6) is -0.0607. The minimum atomic E-state index is -4.41. The van der Waals surface area contributed by atoms with Gasteiger partial charge >= 0.3 is 11.8 Å². The van der Waals surface area contributed by atoms with Crippen molar-refractivity contribution in [2.75, 3.05) is 37.7 Å². The van der Waals surface area contributed by atoms with E-state index in [2.05, 4.69) is 0 Å². The van der Waals surface area contributed by atoms with Gasteiger partial charge in [-0.2, -0.15) is 13.2 Å². The average molecular weight is 481 g/mol. The second-order valence-electron chi connectivity index (χ2n) is 7.73. The Labute approximate surface area is 192 Å². The SMILES string of the molecule is Cc1cc(=O)oc2cc(OCC(=O)N3CCN(c4cccc(C(F)(F)F)c4)CC3)c(Cl)cc12. The van der Waals surface area contributed by atoms with E-state index < -0.39 is 17.4 Å². The highest BCUT2D eigenvalue weighted by molar-refractivity contribution is 6.32. The normalized spacial score (nSPS) is 14.6. The van der Waals surface area contributed by atoms with E-state index in [1.165, 1.54) is 18.2 Å². The number of carbonyl (C=O) groups excluding carboxylic acids is 1. The van der Waals surface area contributed by atoms with Crippen LogP contribution in [0.15, 0.2) is 51.7 Å². The predicted octanol–water partition coefficient (Wildman–Crippen LogP) is 4.50. The smallest absolute Gasteiger partial charge is 0.416 e. The van der Waals surface area contributed by atoms with E-state index in [9.17, 15) is 22.8 Å². The van der Waals surface area contributed by atoms with Crippen molar-refractivity contribution in [3.8, 4) is 5.75 Å². The van der Waals surface area contributed by atoms with Gasteiger partial charge in [-0.05, 0) is 36.8 Å². The summed E-state index contributed by atoms with van der Waals surface area (Å²) in [5, 5.41) is 0.950. The highest BCUT2D eigenvalue weighted by atomic mass is 35.5. The van der Waals surface area contributed by atoms with E-state index in [0.29, 0.717) is 48.4 Å². The molecule has 0 N–H and O–H groups in total. The molecule has 1 aliphatic rings. The number of fused-ring (bicyclic) bond motifs is 1. The maximum atomic E-state index is 13.0. The van der Waals surface area contributed by atoms with E-state index in [4.69, 9.17) is 20.8 Å². The van der Waals surface area contributed by atoms with Crippen LogP contribution in [-0.2, 0) is 11.0 Å². The van der Waals surface area contributed by atoms with Gasteiger partial charge in [0.2, 0.25) is 0 Å². The van der Waals surface area contributed by atoms with Crippen LogP contribution in [-0.4, -0.2) is 43.6 Å². The molecule has 4 rings (SSSR count). The molecule has 0 spiro atoms. The highest BCUT2D eigenvalue weighted by Crippen LogP contribution is 2.32. The van der Waals surface area contributed by atoms with Gasteiger partial charge in [-0.1, -0.05) is 17.7 Å². The van der Waals surface area contributed by atoms with Crippen LogP contribution in [0.1, 0.15) is 11.1 Å². The molecule has 0 atom stereocenters. The average Bonchev–Trinajstić information content (AvgIpc) is 2.77. The Morgan fingerprint density at radius 2 is 1.85 bits per heavy atom. The van der Waals surface area contributed by atoms with E-state index in [0.717, 1.165) is 12.1 Å². The van der Waals surface area contributed by atoms with Crippen molar-refractivity contribution in [3.05, 3.63) is 69.0 Å². The third-order valence-corrected chi connectivity index (χ3v) is 5.82. The summed E-state index contributed by atoms with van der Waals surface area (Å²) in [6.45, 7) is 2.97. The molecule has 3 aromatic rings. The van der Waals surface area contributed by atoms with Crippen molar-refractivity contribution in [1.29, 1.82) is 0 Å². The van der Waals surface area contributed by atoms with Crippen LogP contribution in [0.25, 0.3) is 11.0 Å². The Balaban J connectivity index is 1.37. The summed E-state index contributed by atoms with van der Waals surface area (Å²) < 4.78 is 49.7. The molecule has 174 valence electrons. The zero-order chi connectivity index (χ0) is 23.8. The molecule has 0 bridgehead atoms. The molecule has 2 heterocycles. The van der Waals surface area contributed by atoms with Gasteiger partial charge in [0, 0.05) is 49.4 Å². The van der Waals surface area contributed by atoms with Crippen LogP contribution in [0.2, 0.25) is 5.02 Å². The molecule has 0 radical (unpaired) electrons. The summed E-state index contributed by atoms with van der Waals surface area (Å²) in [6, 6.07) is 9.60. The molecule has 1 saturated heterocycles. The van der Waals surface area contributed by atoms with Crippen LogP contribution in [0.3, 0.4) is 0 Å². The Morgan fingerprint density at radius 3 is 2.55 bits per heavy atom. The van der Waals surface area contributed by atoms with Crippen molar-refractivity contribution in [1.82, 2.24) is 4.90 Å². The molecule has 6 nitrogen and oxygen atoms in total. The van der Waals surface area contributed by atoms with E-state index in [1.54, 1.807) is 24.0 Å². The van der Waals surface area contributed by atoms with Crippen LogP contribution < -0.4 is 15.3 Å². The van der Waals surface area contributed by atoms with Gasteiger partial charge in [-0.25, -0.2) is 4.79 Å². The molecule has 1 fully saturated rings. The van der Waals surface area contributed by atoms with Crippen LogP contribution in [0, 0.1) is 6.92 Å². The second-order valence-corrected chi connectivity index (χ2v) is 8.14. The van der Waals surface area contributed by atoms with Crippen LogP contribution in [0.5, 0.6) is 5.75 Å². The van der Waals surface area contributed by atoms with Crippen LogP contribution in [0.4, 0.5) is 18.9 Å². The highest BCUT2D eigenvalue weighted by Gasteiger charge is 2.31. The van der Waals surface area contributed by atoms with Gasteiger partial charge in [-0.15, -0.1) is 0 Å². The lowest BCUT2D eigenvalue weighted by Crippen LogP contribution is -2.50. The maximum Gasteiger partial charge on any atom is 0.416 e. The second kappa shape index (κ2) is 8.97. The number of halogens is 4. The van der Waals surface area contributed by atoms with Crippen molar-refractivity contribution in [3.63, 3.8) is 0 Å². The number of hydrogen-bond donors (Lipinski definition) is 0. The number of nitrogens with zero attached hydrogens (tertiary/aromatic N) is 2. The Kier molecular flexibility index (Phi) is 6.25. The third-order valence-electron chi connectivity index (χ3n) is 5.53. The predicted molar refractivity (Wildman–Crippen MR) is 118 cm³/mol.